The van der Waals surface area contributed by atoms with Crippen molar-refractivity contribution in [3.63, 3.8) is 0 Å². The number of aliphatic imine (C=N–C) groups is 2. The van der Waals surface area contributed by atoms with Crippen molar-refractivity contribution >= 4 is 61.9 Å². The molecule has 54 heavy (non-hydrogen) atoms. The Morgan fingerprint density at radius 2 is 1.39 bits per heavy atom. The van der Waals surface area contributed by atoms with E-state index < -0.39 is 0 Å². The minimum Gasteiger partial charge on any atom is -0.372 e. The Morgan fingerprint density at radius 3 is 2.31 bits per heavy atom. The summed E-state index contributed by atoms with van der Waals surface area (Å²) in [5, 5.41) is 9.40. The number of fused-ring (bicyclic) bond motifs is 8. The average molecular weight is 691 g/mol. The van der Waals surface area contributed by atoms with Crippen molar-refractivity contribution in [2.24, 2.45) is 21.8 Å². The fourth-order valence-corrected chi connectivity index (χ4v) is 9.91. The Bertz CT molecular complexity index is 2940. The van der Waals surface area contributed by atoms with Gasteiger partial charge >= 0.3 is 0 Å². The third kappa shape index (κ3) is 4.28. The van der Waals surface area contributed by atoms with Crippen molar-refractivity contribution < 1.29 is 0 Å². The highest BCUT2D eigenvalue weighted by atomic mass is 15.0. The topological polar surface area (TPSA) is 49.6 Å². The van der Waals surface area contributed by atoms with Crippen LogP contribution in [-0.2, 0) is 6.54 Å². The van der Waals surface area contributed by atoms with E-state index in [4.69, 9.17) is 15.0 Å². The molecule has 0 fully saturated rings. The van der Waals surface area contributed by atoms with Crippen LogP contribution >= 0.6 is 0 Å². The molecule has 0 radical (unpaired) electrons. The van der Waals surface area contributed by atoms with Gasteiger partial charge in [-0.2, -0.15) is 0 Å². The van der Waals surface area contributed by atoms with Gasteiger partial charge in [0.15, 0.2) is 0 Å². The molecule has 4 nitrogen and oxygen atoms in total. The molecule has 6 aromatic rings. The van der Waals surface area contributed by atoms with Crippen LogP contribution in [0.1, 0.15) is 29.0 Å². The van der Waals surface area contributed by atoms with Gasteiger partial charge in [-0.3, -0.25) is 4.99 Å². The molecular weight excluding hydrogens is 657 g/mol. The van der Waals surface area contributed by atoms with Crippen molar-refractivity contribution in [3.8, 4) is 11.3 Å². The molecule has 0 spiro atoms. The first-order chi connectivity index (χ1) is 26.8. The summed E-state index contributed by atoms with van der Waals surface area (Å²) >= 11 is 0. The number of hydrogen-bond donors (Lipinski definition) is 1. The summed E-state index contributed by atoms with van der Waals surface area (Å²) in [4.78, 5) is 14.9. The average Bonchev–Trinajstić information content (AvgIpc) is 3.24. The highest BCUT2D eigenvalue weighted by molar-refractivity contribution is 6.22. The van der Waals surface area contributed by atoms with Gasteiger partial charge in [-0.15, -0.1) is 0 Å². The molecule has 0 saturated carbocycles. The van der Waals surface area contributed by atoms with Crippen LogP contribution < -0.4 is 5.32 Å². The molecular formula is C50H34N4. The normalized spacial score (nSPS) is 21.6. The fraction of sp³-hybridized carbons (Fsp3) is 0.100. The Morgan fingerprint density at radius 1 is 0.593 bits per heavy atom. The summed E-state index contributed by atoms with van der Waals surface area (Å²) in [5.41, 5.74) is 17.2. The molecule has 3 unspecified atom stereocenters. The van der Waals surface area contributed by atoms with Gasteiger partial charge in [0.1, 0.15) is 0 Å². The van der Waals surface area contributed by atoms with Crippen LogP contribution in [0.15, 0.2) is 184 Å². The van der Waals surface area contributed by atoms with Gasteiger partial charge in [0, 0.05) is 52.2 Å². The number of allylic oxidation sites excluding steroid dienone is 14. The van der Waals surface area contributed by atoms with Crippen LogP contribution in [0, 0.1) is 11.8 Å². The number of nitrogens with one attached hydrogen (secondary N) is 1. The first-order valence-electron chi connectivity index (χ1n) is 19.0. The molecule has 5 aromatic carbocycles. The van der Waals surface area contributed by atoms with Gasteiger partial charge in [0.2, 0.25) is 0 Å². The molecule has 0 saturated heterocycles. The Labute approximate surface area is 313 Å². The lowest BCUT2D eigenvalue weighted by molar-refractivity contribution is 0.551. The molecule has 4 aliphatic carbocycles. The molecule has 3 heterocycles. The van der Waals surface area contributed by atoms with Crippen LogP contribution in [0.3, 0.4) is 0 Å². The van der Waals surface area contributed by atoms with Crippen LogP contribution in [0.2, 0.25) is 0 Å². The maximum atomic E-state index is 5.26. The number of benzene rings is 5. The predicted molar refractivity (Wildman–Crippen MR) is 224 cm³/mol. The van der Waals surface area contributed by atoms with E-state index in [9.17, 15) is 0 Å². The molecule has 6 aliphatic rings. The number of pyridine rings is 1. The van der Waals surface area contributed by atoms with Gasteiger partial charge in [-0.25, -0.2) is 9.98 Å². The van der Waals surface area contributed by atoms with Crippen molar-refractivity contribution in [3.05, 3.63) is 190 Å². The van der Waals surface area contributed by atoms with Crippen molar-refractivity contribution in [1.82, 2.24) is 10.3 Å². The lowest BCUT2D eigenvalue weighted by atomic mass is 9.60. The molecule has 1 N–H and O–H groups in total. The zero-order valence-corrected chi connectivity index (χ0v) is 29.5. The molecule has 3 atom stereocenters. The predicted octanol–water partition coefficient (Wildman–Crippen LogP) is 11.7. The van der Waals surface area contributed by atoms with Crippen molar-refractivity contribution in [2.45, 2.75) is 18.9 Å². The quantitative estimate of drug-likeness (QED) is 0.188. The summed E-state index contributed by atoms with van der Waals surface area (Å²) in [5.74, 6) is 0.809. The number of aromatic nitrogens is 1. The zero-order valence-electron chi connectivity index (χ0n) is 29.5. The largest absolute Gasteiger partial charge is 0.372 e. The van der Waals surface area contributed by atoms with Crippen LogP contribution in [0.25, 0.3) is 49.3 Å². The monoisotopic (exact) mass is 690 g/mol. The van der Waals surface area contributed by atoms with Crippen molar-refractivity contribution in [1.29, 1.82) is 0 Å². The Hall–Kier alpha value is -6.65. The lowest BCUT2D eigenvalue weighted by Crippen LogP contribution is -2.31. The Balaban J connectivity index is 0.929. The van der Waals surface area contributed by atoms with E-state index in [2.05, 4.69) is 157 Å². The maximum absolute atomic E-state index is 5.26. The first-order valence-corrected chi connectivity index (χ1v) is 19.0. The first kappa shape index (κ1) is 29.9. The molecule has 0 bridgehead atoms. The second-order valence-corrected chi connectivity index (χ2v) is 15.1. The number of para-hydroxylation sites is 1. The molecule has 2 aliphatic heterocycles. The van der Waals surface area contributed by atoms with Crippen LogP contribution in [-0.4, -0.2) is 17.5 Å². The standard InChI is InChI=1S/C50H34N4/c1-2-6-36-29(5-1)13-24-43-47(36)42-7-3-4-8-44(42)54-48(43)33-11-9-30(10-12-33)35-19-14-31-17-22-40-37(20-15-32-16-21-39(35)45(31)46(32)40)38-25-26-52-50-41(38)23-18-34-27-51-28-53-49(34)50/h1-24,26,28,38,45-46H,25,27H2,(H,51,53). The minimum atomic E-state index is 0.245. The summed E-state index contributed by atoms with van der Waals surface area (Å²) in [6, 6.07) is 35.3. The van der Waals surface area contributed by atoms with Crippen LogP contribution in [0.5, 0.6) is 0 Å². The molecule has 0 amide bonds. The van der Waals surface area contributed by atoms with E-state index in [1.54, 1.807) is 6.34 Å². The van der Waals surface area contributed by atoms with E-state index in [1.165, 1.54) is 77.1 Å². The molecule has 254 valence electrons. The SMILES string of the molecule is C1=CC2=C(c3ccc(-c4nc5ccccc5c5c4ccc4ccccc45)cc3)C=CC3=CC=C4C(C5CC=Nc6c5ccc5c6N=CNC5)=CC=C1C4C32. The fourth-order valence-electron chi connectivity index (χ4n) is 9.91. The van der Waals surface area contributed by atoms with Crippen LogP contribution in [0.4, 0.5) is 11.4 Å². The van der Waals surface area contributed by atoms with E-state index in [-0.39, 0.29) is 17.8 Å². The van der Waals surface area contributed by atoms with E-state index >= 15 is 0 Å². The van der Waals surface area contributed by atoms with E-state index in [1.807, 2.05) is 0 Å². The third-order valence-corrected chi connectivity index (χ3v) is 12.4. The zero-order chi connectivity index (χ0) is 35.3. The highest BCUT2D eigenvalue weighted by Gasteiger charge is 2.42. The maximum Gasteiger partial charge on any atom is 0.0956 e. The third-order valence-electron chi connectivity index (χ3n) is 12.4. The number of nitrogens with zero attached hydrogens (tertiary/aromatic N) is 3. The summed E-state index contributed by atoms with van der Waals surface area (Å²) in [6.45, 7) is 0.790. The number of hydrogen-bond acceptors (Lipinski definition) is 4. The minimum absolute atomic E-state index is 0.245. The lowest BCUT2D eigenvalue weighted by Gasteiger charge is -2.43. The van der Waals surface area contributed by atoms with Crippen molar-refractivity contribution in [2.75, 3.05) is 0 Å². The Kier molecular flexibility index (Phi) is 6.32. The summed E-state index contributed by atoms with van der Waals surface area (Å²) < 4.78 is 0. The second-order valence-electron chi connectivity index (χ2n) is 15.1. The number of rotatable bonds is 3. The van der Waals surface area contributed by atoms with E-state index in [0.29, 0.717) is 0 Å². The second kappa shape index (κ2) is 11.4. The molecule has 4 heteroatoms. The van der Waals surface area contributed by atoms with Gasteiger partial charge in [-0.05, 0) is 73.4 Å². The summed E-state index contributed by atoms with van der Waals surface area (Å²) in [7, 11) is 0. The van der Waals surface area contributed by atoms with Gasteiger partial charge in [0.05, 0.1) is 28.9 Å². The smallest absolute Gasteiger partial charge is 0.0956 e. The highest BCUT2D eigenvalue weighted by Crippen LogP contribution is 2.56. The van der Waals surface area contributed by atoms with Gasteiger partial charge in [-0.1, -0.05) is 140 Å². The molecule has 12 rings (SSSR count). The van der Waals surface area contributed by atoms with E-state index in [0.717, 1.165) is 41.1 Å². The summed E-state index contributed by atoms with van der Waals surface area (Å²) in [6.07, 6.45) is 23.7. The molecule has 1 aromatic heterocycles. The van der Waals surface area contributed by atoms with Gasteiger partial charge < -0.3 is 5.32 Å². The van der Waals surface area contributed by atoms with Gasteiger partial charge in [0.25, 0.3) is 0 Å².